The predicted molar refractivity (Wildman–Crippen MR) is 165 cm³/mol. The molecule has 2 aliphatic rings. The van der Waals surface area contributed by atoms with Crippen LogP contribution in [-0.2, 0) is 12.8 Å². The molecule has 39 heavy (non-hydrogen) atoms. The molecule has 0 atom stereocenters. The molecule has 8 rings (SSSR count). The summed E-state index contributed by atoms with van der Waals surface area (Å²) in [6.07, 6.45) is 4.34. The second kappa shape index (κ2) is 8.85. The van der Waals surface area contributed by atoms with Gasteiger partial charge in [0.05, 0.1) is 5.69 Å². The van der Waals surface area contributed by atoms with Crippen LogP contribution in [0.1, 0.15) is 27.8 Å². The normalized spacial score (nSPS) is 13.1. The van der Waals surface area contributed by atoms with Crippen molar-refractivity contribution in [3.05, 3.63) is 161 Å². The van der Waals surface area contributed by atoms with E-state index in [9.17, 15) is 0 Å². The van der Waals surface area contributed by atoms with Crippen molar-refractivity contribution in [3.8, 4) is 11.1 Å². The van der Waals surface area contributed by atoms with Gasteiger partial charge in [-0.1, -0.05) is 109 Å². The van der Waals surface area contributed by atoms with Gasteiger partial charge in [0.2, 0.25) is 0 Å². The van der Waals surface area contributed by atoms with Crippen molar-refractivity contribution in [1.29, 1.82) is 0 Å². The van der Waals surface area contributed by atoms with Crippen molar-refractivity contribution >= 4 is 39.5 Å². The molecule has 0 unspecified atom stereocenters. The summed E-state index contributed by atoms with van der Waals surface area (Å²) in [5.74, 6) is 0. The van der Waals surface area contributed by atoms with Crippen LogP contribution in [-0.4, -0.2) is 0 Å². The third-order valence-electron chi connectivity index (χ3n) is 8.30. The summed E-state index contributed by atoms with van der Waals surface area (Å²) in [6.45, 7) is 0. The van der Waals surface area contributed by atoms with E-state index in [1.54, 1.807) is 0 Å². The molecule has 1 heteroatoms. The molecule has 0 amide bonds. The maximum absolute atomic E-state index is 2.41. The Labute approximate surface area is 229 Å². The average Bonchev–Trinajstić information content (AvgIpc) is 3.60. The Balaban J connectivity index is 1.34. The molecule has 0 radical (unpaired) electrons. The molecule has 0 spiro atoms. The SMILES string of the molecule is C1=C(c2cccc3c2-c2ccc4cccc(N(c5ccccc5)c5ccccc5)c4c2C3)Cc2ccccc21. The Morgan fingerprint density at radius 1 is 0.487 bits per heavy atom. The molecular weight excluding hydrogens is 470 g/mol. The van der Waals surface area contributed by atoms with Crippen LogP contribution in [0.2, 0.25) is 0 Å². The Morgan fingerprint density at radius 3 is 1.95 bits per heavy atom. The van der Waals surface area contributed by atoms with E-state index >= 15 is 0 Å². The van der Waals surface area contributed by atoms with E-state index in [0.29, 0.717) is 0 Å². The number of benzene rings is 6. The molecule has 2 aliphatic carbocycles. The van der Waals surface area contributed by atoms with Crippen LogP contribution in [0.15, 0.2) is 133 Å². The Bertz CT molecular complexity index is 1860. The minimum Gasteiger partial charge on any atom is -0.310 e. The van der Waals surface area contributed by atoms with Crippen LogP contribution >= 0.6 is 0 Å². The largest absolute Gasteiger partial charge is 0.310 e. The van der Waals surface area contributed by atoms with Crippen molar-refractivity contribution in [2.24, 2.45) is 0 Å². The zero-order valence-electron chi connectivity index (χ0n) is 21.6. The van der Waals surface area contributed by atoms with E-state index in [-0.39, 0.29) is 0 Å². The van der Waals surface area contributed by atoms with E-state index < -0.39 is 0 Å². The summed E-state index contributed by atoms with van der Waals surface area (Å²) in [6, 6.07) is 48.5. The van der Waals surface area contributed by atoms with Gasteiger partial charge in [-0.25, -0.2) is 0 Å². The fourth-order valence-corrected chi connectivity index (χ4v) is 6.60. The van der Waals surface area contributed by atoms with Gasteiger partial charge in [0.15, 0.2) is 0 Å². The number of nitrogens with zero attached hydrogens (tertiary/aromatic N) is 1. The lowest BCUT2D eigenvalue weighted by Gasteiger charge is -2.27. The third kappa shape index (κ3) is 3.55. The van der Waals surface area contributed by atoms with Crippen molar-refractivity contribution in [1.82, 2.24) is 0 Å². The molecule has 1 nitrogen and oxygen atoms in total. The molecule has 0 aromatic heterocycles. The molecular formula is C38H27N. The Kier molecular flexibility index (Phi) is 5.03. The van der Waals surface area contributed by atoms with Gasteiger partial charge in [0, 0.05) is 16.8 Å². The molecule has 0 N–H and O–H groups in total. The van der Waals surface area contributed by atoms with E-state index in [1.807, 2.05) is 0 Å². The lowest BCUT2D eigenvalue weighted by atomic mass is 9.92. The fourth-order valence-electron chi connectivity index (χ4n) is 6.60. The van der Waals surface area contributed by atoms with E-state index in [4.69, 9.17) is 0 Å². The predicted octanol–water partition coefficient (Wildman–Crippen LogP) is 9.98. The lowest BCUT2D eigenvalue weighted by Crippen LogP contribution is -2.10. The highest BCUT2D eigenvalue weighted by Gasteiger charge is 2.28. The van der Waals surface area contributed by atoms with Crippen molar-refractivity contribution < 1.29 is 0 Å². The summed E-state index contributed by atoms with van der Waals surface area (Å²) in [4.78, 5) is 2.41. The number of fused-ring (bicyclic) bond motifs is 6. The lowest BCUT2D eigenvalue weighted by molar-refractivity contribution is 1.26. The van der Waals surface area contributed by atoms with Crippen LogP contribution < -0.4 is 4.90 Å². The van der Waals surface area contributed by atoms with Crippen LogP contribution in [0.25, 0.3) is 33.5 Å². The minimum absolute atomic E-state index is 0.949. The molecule has 0 aliphatic heterocycles. The topological polar surface area (TPSA) is 3.24 Å². The highest BCUT2D eigenvalue weighted by molar-refractivity contribution is 6.07. The monoisotopic (exact) mass is 497 g/mol. The first-order chi connectivity index (χ1) is 19.3. The summed E-state index contributed by atoms with van der Waals surface area (Å²) in [5.41, 5.74) is 14.8. The van der Waals surface area contributed by atoms with Gasteiger partial charge < -0.3 is 4.90 Å². The number of para-hydroxylation sites is 2. The fraction of sp³-hybridized carbons (Fsp3) is 0.0526. The molecule has 0 bridgehead atoms. The minimum atomic E-state index is 0.949. The quantitative estimate of drug-likeness (QED) is 0.234. The number of hydrogen-bond acceptors (Lipinski definition) is 1. The number of hydrogen-bond donors (Lipinski definition) is 0. The Morgan fingerprint density at radius 2 is 1.18 bits per heavy atom. The second-order valence-electron chi connectivity index (χ2n) is 10.5. The van der Waals surface area contributed by atoms with Crippen LogP contribution in [0.4, 0.5) is 17.1 Å². The summed E-state index contributed by atoms with van der Waals surface area (Å²) < 4.78 is 0. The number of anilines is 3. The van der Waals surface area contributed by atoms with E-state index in [1.165, 1.54) is 72.4 Å². The third-order valence-corrected chi connectivity index (χ3v) is 8.30. The van der Waals surface area contributed by atoms with Gasteiger partial charge in [0.1, 0.15) is 0 Å². The molecule has 0 saturated carbocycles. The highest BCUT2D eigenvalue weighted by atomic mass is 15.1. The van der Waals surface area contributed by atoms with Gasteiger partial charge >= 0.3 is 0 Å². The van der Waals surface area contributed by atoms with Crippen molar-refractivity contribution in [2.45, 2.75) is 12.8 Å². The summed E-state index contributed by atoms with van der Waals surface area (Å²) in [5, 5.41) is 2.62. The van der Waals surface area contributed by atoms with Gasteiger partial charge in [-0.2, -0.15) is 0 Å². The summed E-state index contributed by atoms with van der Waals surface area (Å²) in [7, 11) is 0. The van der Waals surface area contributed by atoms with Crippen molar-refractivity contribution in [2.75, 3.05) is 4.90 Å². The second-order valence-corrected chi connectivity index (χ2v) is 10.5. The molecule has 0 heterocycles. The first-order valence-electron chi connectivity index (χ1n) is 13.7. The first-order valence-corrected chi connectivity index (χ1v) is 13.7. The van der Waals surface area contributed by atoms with Crippen LogP contribution in [0, 0.1) is 0 Å². The zero-order valence-corrected chi connectivity index (χ0v) is 21.6. The van der Waals surface area contributed by atoms with Gasteiger partial charge in [-0.3, -0.25) is 0 Å². The van der Waals surface area contributed by atoms with Crippen LogP contribution in [0.3, 0.4) is 0 Å². The van der Waals surface area contributed by atoms with E-state index in [2.05, 4.69) is 144 Å². The van der Waals surface area contributed by atoms with Gasteiger partial charge in [-0.05, 0) is 93.1 Å². The first kappa shape index (κ1) is 22.1. The Hall–Kier alpha value is -4.88. The average molecular weight is 498 g/mol. The molecule has 0 fully saturated rings. The van der Waals surface area contributed by atoms with Gasteiger partial charge in [0.25, 0.3) is 0 Å². The van der Waals surface area contributed by atoms with Crippen molar-refractivity contribution in [3.63, 3.8) is 0 Å². The number of allylic oxidation sites excluding steroid dienone is 1. The smallest absolute Gasteiger partial charge is 0.0543 e. The molecule has 184 valence electrons. The maximum Gasteiger partial charge on any atom is 0.0543 e. The zero-order chi connectivity index (χ0) is 25.8. The highest BCUT2D eigenvalue weighted by Crippen LogP contribution is 2.49. The molecule has 6 aromatic rings. The summed E-state index contributed by atoms with van der Waals surface area (Å²) >= 11 is 0. The van der Waals surface area contributed by atoms with Crippen LogP contribution in [0.5, 0.6) is 0 Å². The van der Waals surface area contributed by atoms with Gasteiger partial charge in [-0.15, -0.1) is 0 Å². The van der Waals surface area contributed by atoms with E-state index in [0.717, 1.165) is 12.8 Å². The molecule has 6 aromatic carbocycles. The number of rotatable bonds is 4. The standard InChI is InChI=1S/C38H27N/c1-3-15-31(16-4-1)39(32-17-5-2-6-18-32)36-20-10-13-26-21-22-34-35(38(26)36)25-29-14-9-19-33(37(29)34)30-23-27-11-7-8-12-28(27)24-30/h1-23H,24-25H2. The maximum atomic E-state index is 2.41. The molecule has 0 saturated heterocycles.